The molecule has 0 fully saturated rings. The van der Waals surface area contributed by atoms with Crippen LogP contribution in [-0.2, 0) is 63.7 Å². The minimum absolute atomic E-state index is 0. The van der Waals surface area contributed by atoms with E-state index >= 15 is 0 Å². The van der Waals surface area contributed by atoms with E-state index in [1.54, 1.807) is 0 Å². The third-order valence-corrected chi connectivity index (χ3v) is 0. The van der Waals surface area contributed by atoms with Crippen molar-refractivity contribution in [3.8, 4) is 0 Å². The van der Waals surface area contributed by atoms with Gasteiger partial charge in [0.15, 0.2) is 0 Å². The molecule has 0 atom stereocenters. The summed E-state index contributed by atoms with van der Waals surface area (Å²) < 4.78 is 103. The van der Waals surface area contributed by atoms with Gasteiger partial charge >= 0.3 is 101 Å². The third-order valence-electron chi connectivity index (χ3n) is 0. The molecule has 0 saturated carbocycles. The van der Waals surface area contributed by atoms with E-state index in [0.717, 1.165) is 0 Å². The summed E-state index contributed by atoms with van der Waals surface area (Å²) in [5.41, 5.74) is 0. The monoisotopic (exact) mass is 376 g/mol. The van der Waals surface area contributed by atoms with Crippen molar-refractivity contribution in [1.29, 1.82) is 0 Å². The zero-order valence-corrected chi connectivity index (χ0v) is 10.8. The van der Waals surface area contributed by atoms with Crippen LogP contribution in [0.3, 0.4) is 0 Å². The molecule has 0 saturated heterocycles. The zero-order chi connectivity index (χ0) is 13.5. The molecule has 0 unspecified atom stereocenters. The molecule has 0 aromatic heterocycles. The van der Waals surface area contributed by atoms with Gasteiger partial charge in [0.25, 0.3) is 0 Å². The van der Waals surface area contributed by atoms with Gasteiger partial charge in [-0.2, -0.15) is 0 Å². The van der Waals surface area contributed by atoms with Gasteiger partial charge in [-0.15, -0.1) is 0 Å². The van der Waals surface area contributed by atoms with Crippen molar-refractivity contribution in [2.45, 2.75) is 0 Å². The predicted molar refractivity (Wildman–Crippen MR) is 8.39 cm³/mol. The quantitative estimate of drug-likeness (QED) is 0.380. The third kappa shape index (κ3) is 16100. The normalized spacial score (nSPS) is 10.2. The molecule has 0 bridgehead atoms. The van der Waals surface area contributed by atoms with Crippen molar-refractivity contribution in [3.05, 3.63) is 0 Å². The van der Waals surface area contributed by atoms with Crippen LogP contribution < -0.4 is 37.3 Å². The maximum atomic E-state index is 8.59. The van der Waals surface area contributed by atoms with Gasteiger partial charge in [0.05, 0.1) is 0 Å². The van der Waals surface area contributed by atoms with Crippen molar-refractivity contribution in [2.24, 2.45) is 0 Å². The molecule has 0 aromatic carbocycles. The van der Waals surface area contributed by atoms with E-state index < -0.39 is 40.8 Å². The first kappa shape index (κ1) is 30.0. The summed E-state index contributed by atoms with van der Waals surface area (Å²) in [6, 6.07) is 0. The maximum absolute atomic E-state index is 8.59. The number of hydrogen-bond acceptors (Lipinski definition) is 12. The molecular weight excluding hydrogens is 376 g/mol. The molecule has 17 heteroatoms. The molecular formula is Cr3N2O12. The van der Waals surface area contributed by atoms with E-state index in [1.165, 1.54) is 0 Å². The van der Waals surface area contributed by atoms with Crippen LogP contribution in [-0.4, -0.2) is 0 Å². The van der Waals surface area contributed by atoms with Crippen molar-refractivity contribution in [2.75, 3.05) is 0 Å². The summed E-state index contributed by atoms with van der Waals surface area (Å²) >= 11 is -17.2. The van der Waals surface area contributed by atoms with Crippen LogP contribution >= 0.6 is 0 Å². The molecule has 0 heterocycles. The van der Waals surface area contributed by atoms with E-state index in [4.69, 9.17) is 47.8 Å². The SMILES string of the molecule is [N+3].[N+3].[O]=[Cr](=[O])([O-])[O-].[O]=[Cr](=[O])([O-])[O-].[O]=[Cr](=[O])([O-])[O-]. The molecule has 0 amide bonds. The fourth-order valence-electron chi connectivity index (χ4n) is 0. The predicted octanol–water partition coefficient (Wildman–Crippen LogP) is -8.82. The average Bonchev–Trinajstić information content (AvgIpc) is 1.41. The van der Waals surface area contributed by atoms with Crippen LogP contribution in [0, 0.1) is 0 Å². The van der Waals surface area contributed by atoms with Crippen molar-refractivity contribution < 1.29 is 88.6 Å². The Morgan fingerprint density at radius 2 is 0.412 bits per heavy atom. The Morgan fingerprint density at radius 1 is 0.412 bits per heavy atom. The van der Waals surface area contributed by atoms with Crippen LogP contribution in [0.15, 0.2) is 0 Å². The van der Waals surface area contributed by atoms with Crippen LogP contribution in [0.2, 0.25) is 0 Å². The number of rotatable bonds is 0. The number of nitrogens with zero attached hydrogens (tertiary/aromatic N) is 2. The molecule has 0 aromatic rings. The topological polar surface area (TPSA) is 302 Å². The Balaban J connectivity index is -0.0000000400. The first-order chi connectivity index (χ1) is 6.00. The van der Waals surface area contributed by atoms with E-state index in [2.05, 4.69) is 0 Å². The van der Waals surface area contributed by atoms with E-state index in [-0.39, 0.29) is 12.3 Å². The summed E-state index contributed by atoms with van der Waals surface area (Å²) in [6.07, 6.45) is 0. The summed E-state index contributed by atoms with van der Waals surface area (Å²) in [7, 11) is 0. The number of hydrogen-bond donors (Lipinski definition) is 0. The van der Waals surface area contributed by atoms with Crippen LogP contribution in [0.1, 0.15) is 0 Å². The molecule has 0 rings (SSSR count). The molecule has 0 aliphatic rings. The molecule has 0 aliphatic heterocycles. The van der Waals surface area contributed by atoms with Gasteiger partial charge in [0.1, 0.15) is 0 Å². The second kappa shape index (κ2) is 10.7. The van der Waals surface area contributed by atoms with Crippen molar-refractivity contribution in [1.82, 2.24) is 12.3 Å². The van der Waals surface area contributed by atoms with E-state index in [9.17, 15) is 0 Å². The first-order valence-corrected chi connectivity index (χ1v) is 8.25. The Hall–Kier alpha value is -0.423. The van der Waals surface area contributed by atoms with Gasteiger partial charge in [-0.05, 0) is 0 Å². The first-order valence-electron chi connectivity index (χ1n) is 2.00. The Bertz CT molecular complexity index is 341. The molecule has 14 nitrogen and oxygen atoms in total. The molecule has 0 N–H and O–H groups in total. The van der Waals surface area contributed by atoms with Crippen molar-refractivity contribution >= 4 is 0 Å². The van der Waals surface area contributed by atoms with Gasteiger partial charge < -0.3 is 0 Å². The van der Waals surface area contributed by atoms with E-state index in [1.807, 2.05) is 0 Å². The molecule has 17 heavy (non-hydrogen) atoms. The molecule has 0 spiro atoms. The minimum atomic E-state index is -5.75. The van der Waals surface area contributed by atoms with Gasteiger partial charge in [0, 0.05) is 0 Å². The van der Waals surface area contributed by atoms with Crippen LogP contribution in [0.4, 0.5) is 0 Å². The van der Waals surface area contributed by atoms with E-state index in [0.29, 0.717) is 0 Å². The molecule has 4 radical (unpaired) electrons. The van der Waals surface area contributed by atoms with Gasteiger partial charge in [-0.1, -0.05) is 0 Å². The van der Waals surface area contributed by atoms with Gasteiger partial charge in [-0.25, -0.2) is 0 Å². The Kier molecular flexibility index (Phi) is 18.9. The van der Waals surface area contributed by atoms with Crippen molar-refractivity contribution in [3.63, 3.8) is 0 Å². The second-order valence-electron chi connectivity index (χ2n) is 1.22. The summed E-state index contributed by atoms with van der Waals surface area (Å²) in [5, 5.41) is 0. The van der Waals surface area contributed by atoms with Crippen LogP contribution in [0.25, 0.3) is 0 Å². The Labute approximate surface area is 101 Å². The zero-order valence-electron chi connectivity index (χ0n) is 7.02. The fraction of sp³-hybridized carbons (Fsp3) is 0. The van der Waals surface area contributed by atoms with Crippen LogP contribution in [0.5, 0.6) is 0 Å². The summed E-state index contributed by atoms with van der Waals surface area (Å²) in [4.78, 5) is 0. The average molecular weight is 376 g/mol. The van der Waals surface area contributed by atoms with Gasteiger partial charge in [0.2, 0.25) is 0 Å². The summed E-state index contributed by atoms with van der Waals surface area (Å²) in [6.45, 7) is 0. The molecule has 100 valence electrons. The van der Waals surface area contributed by atoms with Gasteiger partial charge in [-0.3, -0.25) is 0 Å². The summed E-state index contributed by atoms with van der Waals surface area (Å²) in [5.74, 6) is 0. The molecule has 0 aliphatic carbocycles. The second-order valence-corrected chi connectivity index (χ2v) is 5.05. The standard InChI is InChI=1S/3Cr.2N.12O/q;;;2*+3;;;;;;;6*-1. The Morgan fingerprint density at radius 3 is 0.412 bits per heavy atom. The fourth-order valence-corrected chi connectivity index (χ4v) is 0.